The number of hydrogen-bond acceptors (Lipinski definition) is 8. The van der Waals surface area contributed by atoms with Crippen LogP contribution in [-0.2, 0) is 31.2 Å². The zero-order valence-corrected chi connectivity index (χ0v) is 26.7. The summed E-state index contributed by atoms with van der Waals surface area (Å²) in [5.74, 6) is 0.0346. The van der Waals surface area contributed by atoms with Gasteiger partial charge in [-0.15, -0.1) is 0 Å². The highest BCUT2D eigenvalue weighted by Crippen LogP contribution is 2.44. The highest BCUT2D eigenvalue weighted by molar-refractivity contribution is 7.08. The first-order valence-corrected chi connectivity index (χ1v) is 15.9. The van der Waals surface area contributed by atoms with Crippen LogP contribution in [0.1, 0.15) is 62.1 Å². The summed E-state index contributed by atoms with van der Waals surface area (Å²) in [7, 11) is 2.32. The monoisotopic (exact) mass is 663 g/mol. The molecule has 2 aliphatic heterocycles. The molecule has 2 fully saturated rings. The first-order chi connectivity index (χ1) is 19.3. The molecule has 222 valence electrons. The van der Waals surface area contributed by atoms with Crippen molar-refractivity contribution in [2.45, 2.75) is 75.8 Å². The Bertz CT molecular complexity index is 1230. The van der Waals surface area contributed by atoms with E-state index in [1.165, 1.54) is 28.2 Å². The number of ether oxygens (including phenoxy) is 3. The molecule has 1 unspecified atom stereocenters. The third kappa shape index (κ3) is 6.88. The zero-order valence-electron chi connectivity index (χ0n) is 23.5. The van der Waals surface area contributed by atoms with Crippen LogP contribution in [0.5, 0.6) is 5.75 Å². The maximum Gasteiger partial charge on any atom is 0.348 e. The van der Waals surface area contributed by atoms with Gasteiger partial charge in [-0.25, -0.2) is 4.79 Å². The lowest BCUT2D eigenvalue weighted by molar-refractivity contribution is -0.961. The molecular formula is C31H38BrNO6S2. The number of esters is 2. The molecule has 10 heteroatoms. The van der Waals surface area contributed by atoms with Crippen molar-refractivity contribution in [3.8, 4) is 5.75 Å². The predicted octanol–water partition coefficient (Wildman–Crippen LogP) is 2.66. The van der Waals surface area contributed by atoms with E-state index in [1.807, 2.05) is 40.6 Å². The standard InChI is InChI=1S/C31H38NO6S2.BrH/c1-3-36-29(33)8-5-13-37-27-7-4-6-22(16-27)19-32(2)25-9-10-26(32)18-28(17-25)38-30(34)31(35,23-11-14-39-20-23)24-12-15-40-21-24;/h4,6-7,11-12,14-16,20-21,25-26,28,35H,3,5,8-10,13,17-19H2,1-2H3;1H/q+1;/p-1/t25-,26+,28-,32?;. The van der Waals surface area contributed by atoms with Gasteiger partial charge in [0.1, 0.15) is 18.4 Å². The third-order valence-corrected chi connectivity index (χ3v) is 9.91. The summed E-state index contributed by atoms with van der Waals surface area (Å²) in [4.78, 5) is 25.1. The van der Waals surface area contributed by atoms with Crippen molar-refractivity contribution in [3.05, 3.63) is 74.6 Å². The summed E-state index contributed by atoms with van der Waals surface area (Å²) in [6.45, 7) is 3.55. The Labute approximate surface area is 260 Å². The molecule has 0 amide bonds. The Hall–Kier alpha value is -2.24. The fourth-order valence-electron chi connectivity index (χ4n) is 6.39. The number of nitrogens with zero attached hydrogens (tertiary/aromatic N) is 1. The molecule has 1 aromatic carbocycles. The molecule has 0 spiro atoms. The van der Waals surface area contributed by atoms with E-state index in [4.69, 9.17) is 14.2 Å². The van der Waals surface area contributed by atoms with E-state index in [0.29, 0.717) is 49.3 Å². The number of aliphatic hydroxyl groups is 1. The summed E-state index contributed by atoms with van der Waals surface area (Å²) < 4.78 is 17.9. The molecule has 4 atom stereocenters. The summed E-state index contributed by atoms with van der Waals surface area (Å²) in [6.07, 6.45) is 4.52. The van der Waals surface area contributed by atoms with Gasteiger partial charge in [0.15, 0.2) is 0 Å². The lowest BCUT2D eigenvalue weighted by atomic mass is 9.89. The molecule has 2 saturated heterocycles. The van der Waals surface area contributed by atoms with E-state index >= 15 is 0 Å². The smallest absolute Gasteiger partial charge is 0.348 e. The highest BCUT2D eigenvalue weighted by Gasteiger charge is 2.53. The van der Waals surface area contributed by atoms with Crippen molar-refractivity contribution < 1.29 is 50.4 Å². The van der Waals surface area contributed by atoms with Gasteiger partial charge in [-0.05, 0) is 59.1 Å². The molecule has 4 heterocycles. The molecule has 5 rings (SSSR count). The van der Waals surface area contributed by atoms with Crippen LogP contribution >= 0.6 is 22.7 Å². The van der Waals surface area contributed by atoms with Crippen LogP contribution < -0.4 is 21.7 Å². The summed E-state index contributed by atoms with van der Waals surface area (Å²) >= 11 is 2.91. The van der Waals surface area contributed by atoms with Crippen molar-refractivity contribution in [1.82, 2.24) is 0 Å². The largest absolute Gasteiger partial charge is 1.00 e. The number of quaternary nitrogens is 1. The van der Waals surface area contributed by atoms with E-state index in [0.717, 1.165) is 42.5 Å². The Morgan fingerprint density at radius 1 is 1.05 bits per heavy atom. The minimum absolute atomic E-state index is 0. The van der Waals surface area contributed by atoms with E-state index in [-0.39, 0.29) is 29.1 Å². The number of halogens is 1. The second kappa shape index (κ2) is 13.8. The van der Waals surface area contributed by atoms with Crippen LogP contribution in [0.2, 0.25) is 0 Å². The highest BCUT2D eigenvalue weighted by atomic mass is 79.9. The molecule has 2 aromatic heterocycles. The fraction of sp³-hybridized carbons (Fsp3) is 0.484. The molecule has 2 bridgehead atoms. The number of thiophene rings is 2. The molecule has 41 heavy (non-hydrogen) atoms. The zero-order chi connectivity index (χ0) is 28.2. The fourth-order valence-corrected chi connectivity index (χ4v) is 7.79. The van der Waals surface area contributed by atoms with Gasteiger partial charge in [-0.2, -0.15) is 22.7 Å². The van der Waals surface area contributed by atoms with Gasteiger partial charge in [0.2, 0.25) is 5.60 Å². The van der Waals surface area contributed by atoms with Crippen LogP contribution in [0.3, 0.4) is 0 Å². The number of benzene rings is 1. The Morgan fingerprint density at radius 2 is 1.71 bits per heavy atom. The van der Waals surface area contributed by atoms with Gasteiger partial charge < -0.3 is 40.8 Å². The molecular weight excluding hydrogens is 626 g/mol. The second-order valence-electron chi connectivity index (χ2n) is 11.0. The Kier molecular flexibility index (Phi) is 10.7. The van der Waals surface area contributed by atoms with Crippen LogP contribution in [0.4, 0.5) is 0 Å². The number of piperidine rings is 1. The molecule has 1 N–H and O–H groups in total. The van der Waals surface area contributed by atoms with E-state index in [1.54, 1.807) is 12.1 Å². The van der Waals surface area contributed by atoms with Crippen LogP contribution in [-0.4, -0.2) is 60.0 Å². The van der Waals surface area contributed by atoms with E-state index in [2.05, 4.69) is 19.2 Å². The molecule has 0 aliphatic carbocycles. The second-order valence-corrected chi connectivity index (χ2v) is 12.6. The van der Waals surface area contributed by atoms with E-state index in [9.17, 15) is 14.7 Å². The van der Waals surface area contributed by atoms with Gasteiger partial charge in [0.25, 0.3) is 0 Å². The minimum atomic E-state index is -1.79. The molecule has 7 nitrogen and oxygen atoms in total. The quantitative estimate of drug-likeness (QED) is 0.182. The van der Waals surface area contributed by atoms with Crippen LogP contribution in [0, 0.1) is 0 Å². The topological polar surface area (TPSA) is 82.1 Å². The molecule has 0 radical (unpaired) electrons. The lowest BCUT2D eigenvalue weighted by Gasteiger charge is -2.47. The van der Waals surface area contributed by atoms with E-state index < -0.39 is 11.6 Å². The van der Waals surface area contributed by atoms with Crippen molar-refractivity contribution in [2.75, 3.05) is 20.3 Å². The average Bonchev–Trinajstić information content (AvgIpc) is 3.69. The summed E-state index contributed by atoms with van der Waals surface area (Å²) in [5.41, 5.74) is 0.541. The lowest BCUT2D eigenvalue weighted by Crippen LogP contribution is -3.00. The third-order valence-electron chi connectivity index (χ3n) is 8.54. The van der Waals surface area contributed by atoms with Crippen molar-refractivity contribution in [2.24, 2.45) is 0 Å². The Morgan fingerprint density at radius 3 is 2.29 bits per heavy atom. The average molecular weight is 665 g/mol. The first-order valence-electron chi connectivity index (χ1n) is 14.0. The Balaban J connectivity index is 0.00000387. The first kappa shape index (κ1) is 31.7. The van der Waals surface area contributed by atoms with Gasteiger partial charge >= 0.3 is 11.9 Å². The normalized spacial score (nSPS) is 23.4. The predicted molar refractivity (Wildman–Crippen MR) is 155 cm³/mol. The van der Waals surface area contributed by atoms with Crippen molar-refractivity contribution in [1.29, 1.82) is 0 Å². The van der Waals surface area contributed by atoms with Gasteiger partial charge in [-0.3, -0.25) is 4.79 Å². The van der Waals surface area contributed by atoms with Gasteiger partial charge in [0, 0.05) is 48.8 Å². The maximum absolute atomic E-state index is 13.5. The molecule has 0 saturated carbocycles. The minimum Gasteiger partial charge on any atom is -1.00 e. The van der Waals surface area contributed by atoms with Crippen LogP contribution in [0.15, 0.2) is 57.9 Å². The maximum atomic E-state index is 13.5. The van der Waals surface area contributed by atoms with Crippen LogP contribution in [0.25, 0.3) is 0 Å². The van der Waals surface area contributed by atoms with Crippen molar-refractivity contribution >= 4 is 34.6 Å². The number of fused-ring (bicyclic) bond motifs is 2. The SMILES string of the molecule is CCOC(=O)CCCOc1cccc(C[N+]2(C)[C@@H]3CC[C@H]2C[C@H](OC(=O)C(O)(c2ccsc2)c2ccsc2)C3)c1.[Br-]. The van der Waals surface area contributed by atoms with Gasteiger partial charge in [-0.1, -0.05) is 12.1 Å². The number of rotatable bonds is 12. The number of carbonyl (C=O) groups is 2. The molecule has 2 aliphatic rings. The van der Waals surface area contributed by atoms with Crippen molar-refractivity contribution in [3.63, 3.8) is 0 Å². The van der Waals surface area contributed by atoms with Gasteiger partial charge in [0.05, 0.1) is 32.3 Å². The number of carbonyl (C=O) groups excluding carboxylic acids is 2. The molecule has 3 aromatic rings. The summed E-state index contributed by atoms with van der Waals surface area (Å²) in [5, 5.41) is 19.0. The summed E-state index contributed by atoms with van der Waals surface area (Å²) in [6, 6.07) is 12.6. The number of hydrogen-bond donors (Lipinski definition) is 1.